The molecule has 0 fully saturated rings. The second kappa shape index (κ2) is 5.52. The van der Waals surface area contributed by atoms with Gasteiger partial charge in [0.25, 0.3) is 0 Å². The molecular weight excluding hydrogens is 256 g/mol. The van der Waals surface area contributed by atoms with Crippen molar-refractivity contribution in [3.05, 3.63) is 78.1 Å². The molecule has 3 aromatic carbocycles. The number of hydrogen-bond acceptors (Lipinski definition) is 2. The predicted octanol–water partition coefficient (Wildman–Crippen LogP) is 4.47. The molecular formula is C19H14N2. The van der Waals surface area contributed by atoms with Crippen LogP contribution < -0.4 is 5.73 Å². The van der Waals surface area contributed by atoms with Gasteiger partial charge in [0.2, 0.25) is 0 Å². The van der Waals surface area contributed by atoms with Crippen molar-refractivity contribution in [2.75, 3.05) is 5.73 Å². The van der Waals surface area contributed by atoms with E-state index in [0.29, 0.717) is 0 Å². The molecule has 0 atom stereocenters. The maximum Gasteiger partial charge on any atom is 0.101 e. The molecule has 3 aromatic rings. The van der Waals surface area contributed by atoms with Gasteiger partial charge in [-0.25, -0.2) is 0 Å². The minimum atomic E-state index is -0.598. The lowest BCUT2D eigenvalue weighted by Crippen LogP contribution is -1.96. The predicted molar refractivity (Wildman–Crippen MR) is 86.4 cm³/mol. The minimum absolute atomic E-state index is 0.0320. The monoisotopic (exact) mass is 280 g/mol. The van der Waals surface area contributed by atoms with Crippen LogP contribution in [0.5, 0.6) is 0 Å². The van der Waals surface area contributed by atoms with Crippen LogP contribution in [-0.2, 0) is 0 Å². The Labute approximate surface area is 138 Å². The fourth-order valence-corrected chi connectivity index (χ4v) is 1.88. The van der Waals surface area contributed by atoms with Crippen molar-refractivity contribution in [1.82, 2.24) is 0 Å². The van der Waals surface area contributed by atoms with E-state index >= 15 is 0 Å². The smallest absolute Gasteiger partial charge is 0.101 e. The number of hydrogen-bond donors (Lipinski definition) is 1. The van der Waals surface area contributed by atoms with Gasteiger partial charge in [-0.1, -0.05) is 60.4 Å². The summed E-state index contributed by atoms with van der Waals surface area (Å²) in [6.45, 7) is 0. The molecule has 0 aliphatic rings. The molecule has 0 aliphatic carbocycles. The number of anilines is 1. The Morgan fingerprint density at radius 3 is 1.95 bits per heavy atom. The van der Waals surface area contributed by atoms with Crippen LogP contribution in [-0.4, -0.2) is 0 Å². The largest absolute Gasteiger partial charge is 0.397 e. The Hall–Kier alpha value is -3.05. The van der Waals surface area contributed by atoms with Gasteiger partial charge in [-0.15, -0.1) is 0 Å². The van der Waals surface area contributed by atoms with Crippen molar-refractivity contribution < 1.29 is 13.7 Å². The summed E-state index contributed by atoms with van der Waals surface area (Å²) in [4.78, 5) is 0. The summed E-state index contributed by atoms with van der Waals surface area (Å²) in [5.41, 5.74) is 5.27. The van der Waals surface area contributed by atoms with E-state index in [1.807, 2.05) is 6.07 Å². The standard InChI is InChI=1S/C19H14N2/c20-13-17-11-16(14-7-3-1-4-8-14)12-18(19(17)21)15-9-5-2-6-10-15/h1-12H,21H2/i1D,2D,3D,4D,5D,6D,7D,8D,9D,10D. The van der Waals surface area contributed by atoms with Crippen LogP contribution in [0, 0.1) is 11.3 Å². The second-order valence-corrected chi connectivity index (χ2v) is 4.10. The first kappa shape index (κ1) is 5.75. The van der Waals surface area contributed by atoms with Gasteiger partial charge in [0.05, 0.1) is 25.0 Å². The lowest BCUT2D eigenvalue weighted by atomic mass is 9.94. The van der Waals surface area contributed by atoms with Crippen molar-refractivity contribution in [1.29, 1.82) is 5.26 Å². The number of nitrogen functional groups attached to an aromatic ring is 1. The normalized spacial score (nSPS) is 16.7. The lowest BCUT2D eigenvalue weighted by molar-refractivity contribution is 1.48. The van der Waals surface area contributed by atoms with Crippen LogP contribution in [0.1, 0.15) is 19.3 Å². The zero-order valence-electron chi connectivity index (χ0n) is 20.7. The summed E-state index contributed by atoms with van der Waals surface area (Å²) < 4.78 is 79.7. The SMILES string of the molecule is [2H]c1c([2H])c([2H])c(-c2cc(C#N)c(N)c(-c3c([2H])c([2H])c([2H])c([2H])c3[2H])c2)c([2H])c1[2H]. The molecule has 0 spiro atoms. The third-order valence-corrected chi connectivity index (χ3v) is 2.86. The van der Waals surface area contributed by atoms with Gasteiger partial charge < -0.3 is 5.73 Å². The average molecular weight is 280 g/mol. The summed E-state index contributed by atoms with van der Waals surface area (Å²) in [6.07, 6.45) is 0. The first-order valence-corrected chi connectivity index (χ1v) is 5.92. The molecule has 2 heteroatoms. The van der Waals surface area contributed by atoms with Crippen LogP contribution in [0.4, 0.5) is 5.69 Å². The van der Waals surface area contributed by atoms with Gasteiger partial charge in [0.1, 0.15) is 6.07 Å². The molecule has 0 saturated heterocycles. The van der Waals surface area contributed by atoms with E-state index in [1.165, 1.54) is 12.1 Å². The van der Waals surface area contributed by atoms with Gasteiger partial charge in [-0.05, 0) is 28.8 Å². The van der Waals surface area contributed by atoms with Crippen molar-refractivity contribution in [3.8, 4) is 28.3 Å². The molecule has 0 heterocycles. The highest BCUT2D eigenvalue weighted by molar-refractivity contribution is 5.85. The molecule has 0 aliphatic heterocycles. The van der Waals surface area contributed by atoms with Gasteiger partial charge in [0, 0.05) is 5.56 Å². The molecule has 3 rings (SSSR count). The van der Waals surface area contributed by atoms with Gasteiger partial charge in [0.15, 0.2) is 0 Å². The summed E-state index contributed by atoms with van der Waals surface area (Å²) in [7, 11) is 0. The fraction of sp³-hybridized carbons (Fsp3) is 0. The first-order valence-electron chi connectivity index (χ1n) is 10.9. The summed E-state index contributed by atoms with van der Waals surface area (Å²) >= 11 is 0. The van der Waals surface area contributed by atoms with Crippen LogP contribution in [0.25, 0.3) is 22.3 Å². The topological polar surface area (TPSA) is 49.8 Å². The molecule has 2 nitrogen and oxygen atoms in total. The molecule has 2 N–H and O–H groups in total. The minimum Gasteiger partial charge on any atom is -0.397 e. The van der Waals surface area contributed by atoms with Crippen molar-refractivity contribution in [2.45, 2.75) is 0 Å². The lowest BCUT2D eigenvalue weighted by Gasteiger charge is -2.11. The van der Waals surface area contributed by atoms with E-state index in [1.54, 1.807) is 0 Å². The number of nitriles is 1. The quantitative estimate of drug-likeness (QED) is 0.704. The fourth-order valence-electron chi connectivity index (χ4n) is 1.88. The van der Waals surface area contributed by atoms with Crippen LogP contribution >= 0.6 is 0 Å². The number of rotatable bonds is 2. The highest BCUT2D eigenvalue weighted by Gasteiger charge is 2.10. The maximum absolute atomic E-state index is 9.52. The molecule has 100 valence electrons. The van der Waals surface area contributed by atoms with Crippen LogP contribution in [0.2, 0.25) is 0 Å². The molecule has 0 bridgehead atoms. The first-order chi connectivity index (χ1) is 14.4. The summed E-state index contributed by atoms with van der Waals surface area (Å²) in [5.74, 6) is 0. The van der Waals surface area contributed by atoms with Crippen molar-refractivity contribution >= 4 is 5.69 Å². The van der Waals surface area contributed by atoms with Crippen molar-refractivity contribution in [2.24, 2.45) is 0 Å². The third kappa shape index (κ3) is 2.50. The molecule has 0 saturated carbocycles. The molecule has 21 heavy (non-hydrogen) atoms. The van der Waals surface area contributed by atoms with Gasteiger partial charge >= 0.3 is 0 Å². The van der Waals surface area contributed by atoms with E-state index in [0.717, 1.165) is 0 Å². The highest BCUT2D eigenvalue weighted by atomic mass is 14.6. The Balaban J connectivity index is 2.49. The zero-order valence-corrected chi connectivity index (χ0v) is 10.7. The molecule has 0 amide bonds. The summed E-state index contributed by atoms with van der Waals surface area (Å²) in [5, 5.41) is 9.52. The third-order valence-electron chi connectivity index (χ3n) is 2.86. The van der Waals surface area contributed by atoms with Crippen LogP contribution in [0.3, 0.4) is 0 Å². The second-order valence-electron chi connectivity index (χ2n) is 4.10. The number of nitrogens with two attached hydrogens (primary N) is 1. The molecule has 0 unspecified atom stereocenters. The zero-order chi connectivity index (χ0) is 23.4. The van der Waals surface area contributed by atoms with E-state index in [2.05, 4.69) is 0 Å². The van der Waals surface area contributed by atoms with Crippen LogP contribution in [0.15, 0.2) is 72.6 Å². The van der Waals surface area contributed by atoms with Gasteiger partial charge in [-0.3, -0.25) is 0 Å². The van der Waals surface area contributed by atoms with E-state index in [4.69, 9.17) is 19.4 Å². The van der Waals surface area contributed by atoms with E-state index in [-0.39, 0.29) is 33.5 Å². The Morgan fingerprint density at radius 1 is 0.810 bits per heavy atom. The molecule has 0 radical (unpaired) electrons. The number of nitrogens with zero attached hydrogens (tertiary/aromatic N) is 1. The Morgan fingerprint density at radius 2 is 1.38 bits per heavy atom. The average Bonchev–Trinajstić information content (AvgIpc) is 2.75. The highest BCUT2D eigenvalue weighted by Crippen LogP contribution is 2.33. The van der Waals surface area contributed by atoms with E-state index < -0.39 is 60.4 Å². The molecule has 0 aromatic heterocycles. The van der Waals surface area contributed by atoms with E-state index in [9.17, 15) is 5.26 Å². The maximum atomic E-state index is 9.52. The summed E-state index contributed by atoms with van der Waals surface area (Å²) in [6, 6.07) is -1.27. The van der Waals surface area contributed by atoms with Crippen molar-refractivity contribution in [3.63, 3.8) is 0 Å². The Kier molecular flexibility index (Phi) is 1.51. The van der Waals surface area contributed by atoms with Gasteiger partial charge in [-0.2, -0.15) is 5.26 Å². The Bertz CT molecular complexity index is 1250. The number of benzene rings is 3.